The van der Waals surface area contributed by atoms with Gasteiger partial charge in [-0.25, -0.2) is 0 Å². The van der Waals surface area contributed by atoms with E-state index in [4.69, 9.17) is 4.74 Å². The van der Waals surface area contributed by atoms with Crippen LogP contribution in [0, 0.1) is 0 Å². The molecule has 3 heteroatoms. The predicted octanol–water partition coefficient (Wildman–Crippen LogP) is 3.19. The molecule has 2 nitrogen and oxygen atoms in total. The molecule has 0 saturated carbocycles. The van der Waals surface area contributed by atoms with Crippen LogP contribution in [0.4, 0.5) is 0 Å². The van der Waals surface area contributed by atoms with Crippen molar-refractivity contribution in [2.45, 2.75) is 83.3 Å². The Balaban J connectivity index is 2.33. The van der Waals surface area contributed by atoms with E-state index >= 15 is 0 Å². The first-order valence-electron chi connectivity index (χ1n) is 7.11. The van der Waals surface area contributed by atoms with Crippen LogP contribution in [-0.4, -0.2) is 32.6 Å². The molecule has 0 unspecified atom stereocenters. The summed E-state index contributed by atoms with van der Waals surface area (Å²) in [6, 6.07) is 1.41. The predicted molar refractivity (Wildman–Crippen MR) is 78.6 cm³/mol. The first-order chi connectivity index (χ1) is 7.70. The summed E-state index contributed by atoms with van der Waals surface area (Å²) in [5.41, 5.74) is 0.415. The number of hydrogen-bond donors (Lipinski definition) is 1. The lowest BCUT2D eigenvalue weighted by Crippen LogP contribution is -2.59. The quantitative estimate of drug-likeness (QED) is 0.603. The maximum atomic E-state index is 6.09. The Kier molecular flexibility index (Phi) is 5.23. The first-order valence-corrected chi connectivity index (χ1v) is 10.2. The molecule has 0 aliphatic carbocycles. The van der Waals surface area contributed by atoms with Gasteiger partial charge in [-0.15, -0.1) is 0 Å². The van der Waals surface area contributed by atoms with E-state index in [0.717, 1.165) is 19.4 Å². The van der Waals surface area contributed by atoms with Crippen molar-refractivity contribution in [1.82, 2.24) is 5.32 Å². The minimum atomic E-state index is -0.389. The molecule has 1 rings (SSSR count). The van der Waals surface area contributed by atoms with Crippen molar-refractivity contribution in [3.63, 3.8) is 0 Å². The monoisotopic (exact) mass is 257 g/mol. The molecule has 1 aliphatic rings. The Morgan fingerprint density at radius 2 is 1.65 bits per heavy atom. The molecule has 0 aromatic heterocycles. The lowest BCUT2D eigenvalue weighted by atomic mass is 9.81. The number of hydrogen-bond acceptors (Lipinski definition) is 2. The number of piperidine rings is 1. The first kappa shape index (κ1) is 15.2. The van der Waals surface area contributed by atoms with Gasteiger partial charge in [0.2, 0.25) is 0 Å². The van der Waals surface area contributed by atoms with Gasteiger partial charge in [0.05, 0.1) is 6.10 Å². The zero-order valence-corrected chi connectivity index (χ0v) is 13.8. The van der Waals surface area contributed by atoms with Gasteiger partial charge >= 0.3 is 0 Å². The van der Waals surface area contributed by atoms with Crippen molar-refractivity contribution < 1.29 is 4.74 Å². The highest BCUT2D eigenvalue weighted by molar-refractivity contribution is 6.55. The third-order valence-corrected chi connectivity index (χ3v) is 5.00. The summed E-state index contributed by atoms with van der Waals surface area (Å²) in [6.07, 6.45) is 3.97. The second-order valence-electron chi connectivity index (χ2n) is 7.33. The van der Waals surface area contributed by atoms with E-state index in [1.165, 1.54) is 12.5 Å². The molecule has 1 heterocycles. The van der Waals surface area contributed by atoms with Gasteiger partial charge in [-0.1, -0.05) is 19.1 Å². The van der Waals surface area contributed by atoms with Crippen molar-refractivity contribution >= 4 is 8.80 Å². The van der Waals surface area contributed by atoms with E-state index in [0.29, 0.717) is 6.10 Å². The van der Waals surface area contributed by atoms with Crippen LogP contribution in [-0.2, 0) is 4.74 Å². The van der Waals surface area contributed by atoms with Crippen molar-refractivity contribution in [2.75, 3.05) is 6.61 Å². The lowest BCUT2D eigenvalue weighted by Gasteiger charge is -2.46. The van der Waals surface area contributed by atoms with Gasteiger partial charge in [0.1, 0.15) is 0 Å². The zero-order valence-electron chi connectivity index (χ0n) is 12.6. The average Bonchev–Trinajstić information content (AvgIpc) is 2.06. The Hall–Kier alpha value is 0.137. The van der Waals surface area contributed by atoms with Crippen LogP contribution in [0.3, 0.4) is 0 Å². The van der Waals surface area contributed by atoms with Crippen LogP contribution in [0.5, 0.6) is 0 Å². The Labute approximate surface area is 109 Å². The highest BCUT2D eigenvalue weighted by atomic mass is 28.3. The normalized spacial score (nSPS) is 24.2. The van der Waals surface area contributed by atoms with Crippen molar-refractivity contribution in [1.29, 1.82) is 0 Å². The van der Waals surface area contributed by atoms with Gasteiger partial charge in [-0.05, 0) is 47.0 Å². The number of rotatable bonds is 5. The van der Waals surface area contributed by atoms with Crippen LogP contribution in [0.15, 0.2) is 0 Å². The van der Waals surface area contributed by atoms with Crippen molar-refractivity contribution in [3.05, 3.63) is 0 Å². The highest BCUT2D eigenvalue weighted by Gasteiger charge is 2.37. The molecule has 0 spiro atoms. The summed E-state index contributed by atoms with van der Waals surface area (Å²) >= 11 is 0. The smallest absolute Gasteiger partial charge is 0.0609 e. The Bertz CT molecular complexity index is 222. The topological polar surface area (TPSA) is 21.3 Å². The Morgan fingerprint density at radius 1 is 1.12 bits per heavy atom. The number of nitrogens with one attached hydrogen (secondary N) is 1. The molecule has 0 amide bonds. The maximum absolute atomic E-state index is 6.09. The summed E-state index contributed by atoms with van der Waals surface area (Å²) < 4.78 is 6.09. The molecule has 0 aromatic carbocycles. The van der Waals surface area contributed by atoms with Crippen molar-refractivity contribution in [3.8, 4) is 0 Å². The van der Waals surface area contributed by atoms with Crippen LogP contribution >= 0.6 is 0 Å². The molecule has 0 aromatic rings. The summed E-state index contributed by atoms with van der Waals surface area (Å²) in [5.74, 6) is 0. The van der Waals surface area contributed by atoms with E-state index in [9.17, 15) is 0 Å². The van der Waals surface area contributed by atoms with Gasteiger partial charge in [-0.2, -0.15) is 0 Å². The molecule has 0 bridgehead atoms. The highest BCUT2D eigenvalue weighted by Crippen LogP contribution is 2.30. The minimum absolute atomic E-state index is 0.208. The fraction of sp³-hybridized carbons (Fsp3) is 1.00. The molecular weight excluding hydrogens is 226 g/mol. The van der Waals surface area contributed by atoms with E-state index in [2.05, 4.69) is 46.1 Å². The molecule has 0 atom stereocenters. The van der Waals surface area contributed by atoms with Crippen LogP contribution in [0.25, 0.3) is 0 Å². The van der Waals surface area contributed by atoms with Crippen LogP contribution in [0.2, 0.25) is 19.1 Å². The third kappa shape index (κ3) is 6.02. The second-order valence-corrected chi connectivity index (χ2v) is 10.7. The average molecular weight is 257 g/mol. The minimum Gasteiger partial charge on any atom is -0.378 e. The zero-order chi connectivity index (χ0) is 13.1. The van der Waals surface area contributed by atoms with E-state index in [1.54, 1.807) is 0 Å². The fourth-order valence-electron chi connectivity index (χ4n) is 3.09. The van der Waals surface area contributed by atoms with Crippen LogP contribution < -0.4 is 5.32 Å². The summed E-state index contributed by atoms with van der Waals surface area (Å²) in [7, 11) is -0.389. The van der Waals surface area contributed by atoms with Crippen LogP contribution in [0.1, 0.15) is 47.0 Å². The van der Waals surface area contributed by atoms with Gasteiger partial charge in [0.25, 0.3) is 0 Å². The molecule has 0 radical (unpaired) electrons. The molecule has 1 fully saturated rings. The molecule has 17 heavy (non-hydrogen) atoms. The summed E-state index contributed by atoms with van der Waals surface area (Å²) in [6.45, 7) is 14.9. The molecular formula is C14H31NOSi. The summed E-state index contributed by atoms with van der Waals surface area (Å²) in [5, 5.41) is 3.70. The number of ether oxygens (including phenoxy) is 1. The van der Waals surface area contributed by atoms with Crippen molar-refractivity contribution in [2.24, 2.45) is 0 Å². The molecule has 102 valence electrons. The molecule has 1 aliphatic heterocycles. The van der Waals surface area contributed by atoms with E-state index in [-0.39, 0.29) is 19.9 Å². The lowest BCUT2D eigenvalue weighted by molar-refractivity contribution is -0.0213. The Morgan fingerprint density at radius 3 is 2.12 bits per heavy atom. The summed E-state index contributed by atoms with van der Waals surface area (Å²) in [4.78, 5) is 0. The van der Waals surface area contributed by atoms with Gasteiger partial charge in [0.15, 0.2) is 0 Å². The maximum Gasteiger partial charge on any atom is 0.0609 e. The second kappa shape index (κ2) is 5.85. The van der Waals surface area contributed by atoms with E-state index < -0.39 is 0 Å². The molecule has 1 N–H and O–H groups in total. The van der Waals surface area contributed by atoms with Gasteiger partial charge in [0, 0.05) is 26.5 Å². The standard InChI is InChI=1S/C14H31NOSi/c1-13(2)10-12(11-14(3,4)15-13)16-8-7-9-17(5)6/h12,15,17H,7-11H2,1-6H3. The van der Waals surface area contributed by atoms with Gasteiger partial charge in [-0.3, -0.25) is 0 Å². The van der Waals surface area contributed by atoms with E-state index in [1.807, 2.05) is 0 Å². The third-order valence-electron chi connectivity index (χ3n) is 3.43. The molecule has 1 saturated heterocycles. The van der Waals surface area contributed by atoms with Gasteiger partial charge < -0.3 is 10.1 Å². The SMILES string of the molecule is C[SiH](C)CCCOC1CC(C)(C)NC(C)(C)C1. The fourth-order valence-corrected chi connectivity index (χ4v) is 4.07. The largest absolute Gasteiger partial charge is 0.378 e.